The van der Waals surface area contributed by atoms with Gasteiger partial charge in [-0.25, -0.2) is 10.0 Å². The van der Waals surface area contributed by atoms with Crippen molar-refractivity contribution < 1.29 is 4.84 Å². The van der Waals surface area contributed by atoms with E-state index in [-0.39, 0.29) is 6.10 Å². The Kier molecular flexibility index (Phi) is 2.21. The summed E-state index contributed by atoms with van der Waals surface area (Å²) in [4.78, 5) is 10.4. The Morgan fingerprint density at radius 3 is 2.88 bits per heavy atom. The molecule has 0 aromatic carbocycles. The predicted molar refractivity (Wildman–Crippen MR) is 63.1 cm³/mol. The third-order valence-corrected chi connectivity index (χ3v) is 3.33. The van der Waals surface area contributed by atoms with Gasteiger partial charge in [0.15, 0.2) is 5.82 Å². The number of fused-ring (bicyclic) bond motifs is 2. The molecule has 1 aromatic heterocycles. The van der Waals surface area contributed by atoms with Gasteiger partial charge in [0.25, 0.3) is 0 Å². The number of pyridine rings is 1. The summed E-state index contributed by atoms with van der Waals surface area (Å²) in [5.74, 6) is 0.933. The van der Waals surface area contributed by atoms with Crippen molar-refractivity contribution in [2.75, 3.05) is 5.06 Å². The van der Waals surface area contributed by atoms with Crippen LogP contribution in [0.4, 0.5) is 5.82 Å². The van der Waals surface area contributed by atoms with E-state index < -0.39 is 0 Å². The van der Waals surface area contributed by atoms with Gasteiger partial charge >= 0.3 is 0 Å². The molecular formula is C13H16N2O. The summed E-state index contributed by atoms with van der Waals surface area (Å²) in [6.45, 7) is 4.19. The number of nitrogens with zero attached hydrogens (tertiary/aromatic N) is 2. The Labute approximate surface area is 95.7 Å². The number of rotatable bonds is 1. The lowest BCUT2D eigenvalue weighted by Crippen LogP contribution is -2.48. The van der Waals surface area contributed by atoms with Crippen molar-refractivity contribution in [3.05, 3.63) is 35.5 Å². The fourth-order valence-electron chi connectivity index (χ4n) is 2.51. The maximum absolute atomic E-state index is 5.89. The zero-order chi connectivity index (χ0) is 11.1. The zero-order valence-electron chi connectivity index (χ0n) is 9.68. The topological polar surface area (TPSA) is 25.4 Å². The Hall–Kier alpha value is -1.35. The first-order valence-corrected chi connectivity index (χ1v) is 5.82. The van der Waals surface area contributed by atoms with E-state index in [2.05, 4.69) is 18.0 Å². The number of aromatic nitrogens is 1. The highest BCUT2D eigenvalue weighted by Gasteiger charge is 2.35. The van der Waals surface area contributed by atoms with Crippen LogP contribution in [0, 0.1) is 6.92 Å². The fourth-order valence-corrected chi connectivity index (χ4v) is 2.51. The molecule has 84 valence electrons. The Balaban J connectivity index is 1.95. The first-order chi connectivity index (χ1) is 7.74. The summed E-state index contributed by atoms with van der Waals surface area (Å²) in [5.41, 5.74) is 2.44. The van der Waals surface area contributed by atoms with Crippen LogP contribution in [0.1, 0.15) is 25.5 Å². The minimum atomic E-state index is 0.243. The molecule has 4 rings (SSSR count). The highest BCUT2D eigenvalue weighted by molar-refractivity contribution is 5.42. The molecule has 3 heteroatoms. The molecule has 2 aliphatic heterocycles. The summed E-state index contributed by atoms with van der Waals surface area (Å²) in [6, 6.07) is 6.43. The SMILES string of the molecule is CC1=C[C@H]2CC[C@@H]1N(c1cccc(C)n1)O2. The first-order valence-electron chi connectivity index (χ1n) is 5.82. The van der Waals surface area contributed by atoms with Crippen LogP contribution < -0.4 is 5.06 Å². The third-order valence-electron chi connectivity index (χ3n) is 3.33. The lowest BCUT2D eigenvalue weighted by molar-refractivity contribution is -0.00208. The van der Waals surface area contributed by atoms with E-state index in [1.54, 1.807) is 0 Å². The van der Waals surface area contributed by atoms with Gasteiger partial charge in [-0.1, -0.05) is 12.1 Å². The van der Waals surface area contributed by atoms with Gasteiger partial charge in [0.05, 0.1) is 6.04 Å². The minimum absolute atomic E-state index is 0.243. The molecule has 3 heterocycles. The van der Waals surface area contributed by atoms with Gasteiger partial charge < -0.3 is 0 Å². The Morgan fingerprint density at radius 2 is 2.19 bits per heavy atom. The second-order valence-electron chi connectivity index (χ2n) is 4.61. The second kappa shape index (κ2) is 3.59. The summed E-state index contributed by atoms with van der Waals surface area (Å²) in [6.07, 6.45) is 4.78. The molecule has 0 unspecified atom stereocenters. The van der Waals surface area contributed by atoms with E-state index in [0.29, 0.717) is 6.04 Å². The van der Waals surface area contributed by atoms with Crippen molar-refractivity contribution >= 4 is 5.82 Å². The summed E-state index contributed by atoms with van der Waals surface area (Å²) < 4.78 is 0. The van der Waals surface area contributed by atoms with Gasteiger partial charge in [0, 0.05) is 5.69 Å². The van der Waals surface area contributed by atoms with Crippen LogP contribution >= 0.6 is 0 Å². The standard InChI is InChI=1S/C13H16N2O/c1-9-8-11-6-7-12(9)15(16-11)13-5-3-4-10(2)14-13/h3-5,8,11-12H,6-7H2,1-2H3/t11-,12+/m1/s1. The predicted octanol–water partition coefficient (Wildman–Crippen LogP) is 2.62. The molecule has 3 nitrogen and oxygen atoms in total. The summed E-state index contributed by atoms with van der Waals surface area (Å²) in [7, 11) is 0. The maximum Gasteiger partial charge on any atom is 0.153 e. The van der Waals surface area contributed by atoms with Gasteiger partial charge in [-0.05, 0) is 44.4 Å². The molecule has 16 heavy (non-hydrogen) atoms. The molecule has 1 fully saturated rings. The van der Waals surface area contributed by atoms with Crippen molar-refractivity contribution in [3.63, 3.8) is 0 Å². The summed E-state index contributed by atoms with van der Waals surface area (Å²) >= 11 is 0. The molecule has 1 aliphatic carbocycles. The molecule has 0 saturated carbocycles. The smallest absolute Gasteiger partial charge is 0.153 e. The van der Waals surface area contributed by atoms with Crippen LogP contribution in [0.25, 0.3) is 0 Å². The van der Waals surface area contributed by atoms with Crippen LogP contribution in [0.3, 0.4) is 0 Å². The molecule has 0 radical (unpaired) electrons. The number of hydrogen-bond donors (Lipinski definition) is 0. The molecule has 0 N–H and O–H groups in total. The van der Waals surface area contributed by atoms with Gasteiger partial charge in [-0.3, -0.25) is 4.84 Å². The number of aryl methyl sites for hydroxylation is 1. The second-order valence-corrected chi connectivity index (χ2v) is 4.61. The van der Waals surface area contributed by atoms with Crippen LogP contribution in [0.2, 0.25) is 0 Å². The average molecular weight is 216 g/mol. The van der Waals surface area contributed by atoms with E-state index in [1.807, 2.05) is 30.2 Å². The summed E-state index contributed by atoms with van der Waals surface area (Å²) in [5, 5.41) is 1.98. The Morgan fingerprint density at radius 1 is 1.31 bits per heavy atom. The van der Waals surface area contributed by atoms with Crippen molar-refractivity contribution in [2.24, 2.45) is 0 Å². The number of hydroxylamine groups is 1. The number of hydrogen-bond acceptors (Lipinski definition) is 3. The lowest BCUT2D eigenvalue weighted by Gasteiger charge is -2.43. The van der Waals surface area contributed by atoms with Gasteiger partial charge in [0.2, 0.25) is 0 Å². The molecule has 2 atom stereocenters. The molecular weight excluding hydrogens is 200 g/mol. The van der Waals surface area contributed by atoms with Gasteiger partial charge in [-0.2, -0.15) is 0 Å². The highest BCUT2D eigenvalue weighted by Crippen LogP contribution is 2.34. The number of anilines is 1. The molecule has 0 amide bonds. The van der Waals surface area contributed by atoms with E-state index >= 15 is 0 Å². The van der Waals surface area contributed by atoms with E-state index in [0.717, 1.165) is 17.9 Å². The maximum atomic E-state index is 5.89. The lowest BCUT2D eigenvalue weighted by atomic mass is 9.91. The normalized spacial score (nSPS) is 28.1. The molecule has 1 saturated heterocycles. The largest absolute Gasteiger partial charge is 0.264 e. The fraction of sp³-hybridized carbons (Fsp3) is 0.462. The van der Waals surface area contributed by atoms with Crippen molar-refractivity contribution in [3.8, 4) is 0 Å². The van der Waals surface area contributed by atoms with E-state index in [9.17, 15) is 0 Å². The van der Waals surface area contributed by atoms with Crippen LogP contribution in [-0.2, 0) is 4.84 Å². The van der Waals surface area contributed by atoms with E-state index in [1.165, 1.54) is 12.0 Å². The van der Waals surface area contributed by atoms with Gasteiger partial charge in [0.1, 0.15) is 6.10 Å². The minimum Gasteiger partial charge on any atom is -0.264 e. The quantitative estimate of drug-likeness (QED) is 0.675. The van der Waals surface area contributed by atoms with Crippen molar-refractivity contribution in [2.45, 2.75) is 38.8 Å². The van der Waals surface area contributed by atoms with Crippen LogP contribution in [0.15, 0.2) is 29.8 Å². The average Bonchev–Trinajstić information content (AvgIpc) is 2.29. The monoisotopic (exact) mass is 216 g/mol. The molecule has 1 aromatic rings. The third kappa shape index (κ3) is 1.52. The first kappa shape index (κ1) is 9.85. The highest BCUT2D eigenvalue weighted by atomic mass is 16.7. The van der Waals surface area contributed by atoms with Crippen LogP contribution in [0.5, 0.6) is 0 Å². The molecule has 0 spiro atoms. The molecule has 2 bridgehead atoms. The van der Waals surface area contributed by atoms with E-state index in [4.69, 9.17) is 4.84 Å². The zero-order valence-corrected chi connectivity index (χ0v) is 9.68. The Bertz CT molecular complexity index is 441. The van der Waals surface area contributed by atoms with Crippen LogP contribution in [-0.4, -0.2) is 17.1 Å². The molecule has 3 aliphatic rings. The van der Waals surface area contributed by atoms with Crippen molar-refractivity contribution in [1.82, 2.24) is 4.98 Å². The van der Waals surface area contributed by atoms with Crippen molar-refractivity contribution in [1.29, 1.82) is 0 Å². The van der Waals surface area contributed by atoms with Gasteiger partial charge in [-0.15, -0.1) is 0 Å².